The highest BCUT2D eigenvalue weighted by molar-refractivity contribution is 6.31. The predicted octanol–water partition coefficient (Wildman–Crippen LogP) is 3.35. The largest absolute Gasteiger partial charge is 0.385 e. The number of hydrogen-bond acceptors (Lipinski definition) is 3. The monoisotopic (exact) mass is 355 g/mol. The lowest BCUT2D eigenvalue weighted by Gasteiger charge is -2.24. The molecule has 1 atom stereocenters. The summed E-state index contributed by atoms with van der Waals surface area (Å²) in [6.07, 6.45) is 5.89. The number of H-pyrrole nitrogens is 1. The molecule has 0 saturated carbocycles. The highest BCUT2D eigenvalue weighted by atomic mass is 35.5. The molecule has 1 aliphatic heterocycles. The first-order valence-electron chi connectivity index (χ1n) is 8.70. The van der Waals surface area contributed by atoms with E-state index in [0.717, 1.165) is 42.6 Å². The van der Waals surface area contributed by atoms with Gasteiger partial charge in [-0.1, -0.05) is 17.7 Å². The third-order valence-corrected chi connectivity index (χ3v) is 5.29. The van der Waals surface area contributed by atoms with Crippen LogP contribution in [-0.2, 0) is 24.9 Å². The standard InChI is InChI=1S/C20H22ClN3O/c1-20(25,14-3-2-6-23-12-14)11-13-9-15(21)10-17-16-4-7-22-8-5-18(16)24-19(13)17/h2-3,6,9-10,12,22,24-25H,4-5,7-8,11H2,1H3. The van der Waals surface area contributed by atoms with Crippen LogP contribution in [0.15, 0.2) is 36.7 Å². The molecule has 25 heavy (non-hydrogen) atoms. The van der Waals surface area contributed by atoms with Crippen molar-refractivity contribution in [3.63, 3.8) is 0 Å². The molecule has 0 radical (unpaired) electrons. The number of aromatic amines is 1. The average molecular weight is 356 g/mol. The average Bonchev–Trinajstić information content (AvgIpc) is 2.78. The van der Waals surface area contributed by atoms with E-state index in [2.05, 4.69) is 15.3 Å². The quantitative estimate of drug-likeness (QED) is 0.675. The number of aliphatic hydroxyl groups is 1. The van der Waals surface area contributed by atoms with Crippen molar-refractivity contribution in [3.8, 4) is 0 Å². The minimum Gasteiger partial charge on any atom is -0.385 e. The lowest BCUT2D eigenvalue weighted by molar-refractivity contribution is 0.0576. The van der Waals surface area contributed by atoms with Crippen LogP contribution in [-0.4, -0.2) is 28.2 Å². The third kappa shape index (κ3) is 3.17. The van der Waals surface area contributed by atoms with E-state index in [0.29, 0.717) is 11.4 Å². The number of pyridine rings is 1. The smallest absolute Gasteiger partial charge is 0.0924 e. The van der Waals surface area contributed by atoms with Gasteiger partial charge in [-0.2, -0.15) is 0 Å². The topological polar surface area (TPSA) is 60.9 Å². The van der Waals surface area contributed by atoms with Crippen molar-refractivity contribution >= 4 is 22.5 Å². The summed E-state index contributed by atoms with van der Waals surface area (Å²) in [4.78, 5) is 7.74. The summed E-state index contributed by atoms with van der Waals surface area (Å²) in [7, 11) is 0. The maximum atomic E-state index is 11.0. The Bertz CT molecular complexity index is 902. The van der Waals surface area contributed by atoms with Crippen LogP contribution in [0.3, 0.4) is 0 Å². The zero-order chi connectivity index (χ0) is 17.4. The van der Waals surface area contributed by atoms with Crippen molar-refractivity contribution in [2.45, 2.75) is 31.8 Å². The van der Waals surface area contributed by atoms with E-state index >= 15 is 0 Å². The summed E-state index contributed by atoms with van der Waals surface area (Å²) < 4.78 is 0. The summed E-state index contributed by atoms with van der Waals surface area (Å²) in [5.74, 6) is 0. The van der Waals surface area contributed by atoms with Crippen LogP contribution in [0, 0.1) is 0 Å². The first-order valence-corrected chi connectivity index (χ1v) is 9.08. The van der Waals surface area contributed by atoms with Gasteiger partial charge in [0, 0.05) is 59.0 Å². The van der Waals surface area contributed by atoms with Gasteiger partial charge in [-0.05, 0) is 49.2 Å². The van der Waals surface area contributed by atoms with Crippen molar-refractivity contribution in [3.05, 3.63) is 64.1 Å². The van der Waals surface area contributed by atoms with Gasteiger partial charge in [-0.3, -0.25) is 4.98 Å². The summed E-state index contributed by atoms with van der Waals surface area (Å²) in [6, 6.07) is 7.76. The van der Waals surface area contributed by atoms with E-state index in [-0.39, 0.29) is 0 Å². The summed E-state index contributed by atoms with van der Waals surface area (Å²) in [5, 5.41) is 16.4. The van der Waals surface area contributed by atoms with Gasteiger partial charge in [0.15, 0.2) is 0 Å². The lowest BCUT2D eigenvalue weighted by atomic mass is 9.89. The molecule has 3 heterocycles. The molecule has 3 aromatic rings. The van der Waals surface area contributed by atoms with Gasteiger partial charge < -0.3 is 15.4 Å². The summed E-state index contributed by atoms with van der Waals surface area (Å²) in [6.45, 7) is 3.79. The normalized spacial score (nSPS) is 17.1. The minimum atomic E-state index is -1.00. The lowest BCUT2D eigenvalue weighted by Crippen LogP contribution is -2.24. The van der Waals surface area contributed by atoms with Crippen molar-refractivity contribution in [1.29, 1.82) is 0 Å². The van der Waals surface area contributed by atoms with Crippen LogP contribution < -0.4 is 5.32 Å². The first kappa shape index (κ1) is 16.6. The molecular formula is C20H22ClN3O. The second kappa shape index (κ2) is 6.45. The molecule has 4 rings (SSSR count). The summed E-state index contributed by atoms with van der Waals surface area (Å²) >= 11 is 6.42. The molecule has 5 heteroatoms. The van der Waals surface area contributed by atoms with E-state index in [9.17, 15) is 5.11 Å². The molecule has 0 aliphatic carbocycles. The summed E-state index contributed by atoms with van der Waals surface area (Å²) in [5.41, 5.74) is 4.57. The van der Waals surface area contributed by atoms with Gasteiger partial charge in [0.2, 0.25) is 0 Å². The second-order valence-electron chi connectivity index (χ2n) is 7.01. The molecule has 2 aromatic heterocycles. The third-order valence-electron chi connectivity index (χ3n) is 5.07. The van der Waals surface area contributed by atoms with Gasteiger partial charge >= 0.3 is 0 Å². The molecule has 1 unspecified atom stereocenters. The highest BCUT2D eigenvalue weighted by Crippen LogP contribution is 2.34. The first-order chi connectivity index (χ1) is 12.0. The number of hydrogen-bond donors (Lipinski definition) is 3. The molecule has 3 N–H and O–H groups in total. The van der Waals surface area contributed by atoms with Crippen molar-refractivity contribution in [2.24, 2.45) is 0 Å². The Morgan fingerprint density at radius 3 is 2.92 bits per heavy atom. The highest BCUT2D eigenvalue weighted by Gasteiger charge is 2.26. The molecule has 0 spiro atoms. The molecule has 0 amide bonds. The molecule has 1 aromatic carbocycles. The van der Waals surface area contributed by atoms with E-state index in [1.165, 1.54) is 16.6 Å². The molecule has 1 aliphatic rings. The number of halogens is 1. The Morgan fingerprint density at radius 1 is 1.28 bits per heavy atom. The number of nitrogens with zero attached hydrogens (tertiary/aromatic N) is 1. The molecule has 4 nitrogen and oxygen atoms in total. The van der Waals surface area contributed by atoms with Crippen LogP contribution in [0.2, 0.25) is 5.02 Å². The SMILES string of the molecule is CC(O)(Cc1cc(Cl)cc2c3c([nH]c12)CCNCC3)c1cccnc1. The number of aromatic nitrogens is 2. The van der Waals surface area contributed by atoms with Gasteiger partial charge in [0.05, 0.1) is 5.60 Å². The fourth-order valence-corrected chi connectivity index (χ4v) is 4.02. The molecule has 0 fully saturated rings. The fraction of sp³-hybridized carbons (Fsp3) is 0.350. The van der Waals surface area contributed by atoms with E-state index in [4.69, 9.17) is 11.6 Å². The number of benzene rings is 1. The van der Waals surface area contributed by atoms with Crippen molar-refractivity contribution in [1.82, 2.24) is 15.3 Å². The molecular weight excluding hydrogens is 334 g/mol. The fourth-order valence-electron chi connectivity index (χ4n) is 3.78. The van der Waals surface area contributed by atoms with Crippen LogP contribution in [0.4, 0.5) is 0 Å². The van der Waals surface area contributed by atoms with Gasteiger partial charge in [-0.25, -0.2) is 0 Å². The Labute approximate surface area is 152 Å². The zero-order valence-corrected chi connectivity index (χ0v) is 15.0. The van der Waals surface area contributed by atoms with Crippen molar-refractivity contribution < 1.29 is 5.11 Å². The Hall–Kier alpha value is -1.88. The predicted molar refractivity (Wildman–Crippen MR) is 101 cm³/mol. The Morgan fingerprint density at radius 2 is 2.12 bits per heavy atom. The second-order valence-corrected chi connectivity index (χ2v) is 7.45. The van der Waals surface area contributed by atoms with Crippen LogP contribution in [0.1, 0.15) is 29.3 Å². The van der Waals surface area contributed by atoms with Crippen LogP contribution >= 0.6 is 11.6 Å². The van der Waals surface area contributed by atoms with Crippen LogP contribution in [0.25, 0.3) is 10.9 Å². The van der Waals surface area contributed by atoms with Gasteiger partial charge in [-0.15, -0.1) is 0 Å². The molecule has 0 saturated heterocycles. The molecule has 130 valence electrons. The van der Waals surface area contributed by atoms with E-state index < -0.39 is 5.60 Å². The number of rotatable bonds is 3. The Kier molecular flexibility index (Phi) is 4.28. The Balaban J connectivity index is 1.80. The molecule has 0 bridgehead atoms. The van der Waals surface area contributed by atoms with E-state index in [1.54, 1.807) is 12.4 Å². The zero-order valence-electron chi connectivity index (χ0n) is 14.3. The van der Waals surface area contributed by atoms with Gasteiger partial charge in [0.1, 0.15) is 0 Å². The minimum absolute atomic E-state index is 0.480. The maximum absolute atomic E-state index is 11.0. The van der Waals surface area contributed by atoms with Gasteiger partial charge in [0.25, 0.3) is 0 Å². The maximum Gasteiger partial charge on any atom is 0.0924 e. The van der Waals surface area contributed by atoms with Crippen molar-refractivity contribution in [2.75, 3.05) is 13.1 Å². The number of fused-ring (bicyclic) bond motifs is 3. The number of nitrogens with one attached hydrogen (secondary N) is 2. The van der Waals surface area contributed by atoms with E-state index in [1.807, 2.05) is 31.2 Å². The van der Waals surface area contributed by atoms with Crippen LogP contribution in [0.5, 0.6) is 0 Å².